The molecule has 0 radical (unpaired) electrons. The molecule has 1 heterocycles. The van der Waals surface area contributed by atoms with Crippen LogP contribution in [0.4, 0.5) is 11.4 Å². The van der Waals surface area contributed by atoms with Gasteiger partial charge in [-0.1, -0.05) is 44.2 Å². The van der Waals surface area contributed by atoms with Crippen LogP contribution < -0.4 is 5.32 Å². The van der Waals surface area contributed by atoms with E-state index in [4.69, 9.17) is 12.2 Å². The number of azo groups is 1. The second-order valence-electron chi connectivity index (χ2n) is 6.23. The molecule has 6 heteroatoms. The lowest BCUT2D eigenvalue weighted by molar-refractivity contribution is 0.459. The number of aromatic nitrogens is 1. The second-order valence-corrected chi connectivity index (χ2v) is 6.61. The van der Waals surface area contributed by atoms with Gasteiger partial charge >= 0.3 is 0 Å². The Kier molecular flexibility index (Phi) is 4.81. The smallest absolute Gasteiger partial charge is 0.218 e. The Morgan fingerprint density at radius 1 is 1.16 bits per heavy atom. The zero-order chi connectivity index (χ0) is 18.0. The zero-order valence-electron chi connectivity index (χ0n) is 14.4. The summed E-state index contributed by atoms with van der Waals surface area (Å²) in [5, 5.41) is 22.3. The number of aryl methyl sites for hydroxylation is 1. The molecule has 0 spiro atoms. The molecule has 3 aromatic rings. The van der Waals surface area contributed by atoms with Crippen LogP contribution in [0.2, 0.25) is 0 Å². The Morgan fingerprint density at radius 3 is 2.56 bits per heavy atom. The van der Waals surface area contributed by atoms with Crippen molar-refractivity contribution in [3.05, 3.63) is 53.6 Å². The molecule has 0 aliphatic heterocycles. The molecule has 0 aliphatic carbocycles. The molecule has 0 unspecified atom stereocenters. The summed E-state index contributed by atoms with van der Waals surface area (Å²) in [6.45, 7) is 6.26. The fourth-order valence-electron chi connectivity index (χ4n) is 2.63. The number of nitrogens with zero attached hydrogens (tertiary/aromatic N) is 2. The van der Waals surface area contributed by atoms with Crippen molar-refractivity contribution < 1.29 is 5.11 Å². The van der Waals surface area contributed by atoms with Crippen LogP contribution in [0.1, 0.15) is 30.9 Å². The number of hydrogen-bond donors (Lipinski definition) is 3. The predicted molar refractivity (Wildman–Crippen MR) is 106 cm³/mol. The number of benzene rings is 2. The average Bonchev–Trinajstić information content (AvgIpc) is 2.90. The van der Waals surface area contributed by atoms with E-state index in [9.17, 15) is 5.11 Å². The minimum absolute atomic E-state index is 0.0165. The van der Waals surface area contributed by atoms with Crippen LogP contribution in [-0.4, -0.2) is 15.2 Å². The number of fused-ring (bicyclic) bond motifs is 1. The molecule has 3 N–H and O–H groups in total. The van der Waals surface area contributed by atoms with Crippen molar-refractivity contribution in [2.75, 3.05) is 5.32 Å². The van der Waals surface area contributed by atoms with Gasteiger partial charge in [-0.15, -0.1) is 10.2 Å². The van der Waals surface area contributed by atoms with Crippen LogP contribution in [0, 0.1) is 6.92 Å². The second kappa shape index (κ2) is 7.03. The van der Waals surface area contributed by atoms with E-state index < -0.39 is 0 Å². The molecule has 0 fully saturated rings. The fraction of sp³-hybridized carbons (Fsp3) is 0.211. The molecule has 0 atom stereocenters. The molecule has 0 saturated carbocycles. The molecule has 1 aromatic heterocycles. The predicted octanol–water partition coefficient (Wildman–Crippen LogP) is 5.79. The minimum Gasteiger partial charge on any atom is -0.493 e. The number of aromatic hydroxyl groups is 1. The number of aromatic amines is 1. The normalized spacial score (nSPS) is 11.5. The van der Waals surface area contributed by atoms with Crippen LogP contribution in [0.15, 0.2) is 52.7 Å². The summed E-state index contributed by atoms with van der Waals surface area (Å²) in [5.74, 6) is 0.464. The van der Waals surface area contributed by atoms with E-state index in [1.165, 1.54) is 5.56 Å². The summed E-state index contributed by atoms with van der Waals surface area (Å²) in [5.41, 5.74) is 4.37. The molecule has 0 amide bonds. The van der Waals surface area contributed by atoms with Gasteiger partial charge in [-0.05, 0) is 48.3 Å². The van der Waals surface area contributed by atoms with Gasteiger partial charge in [0.1, 0.15) is 0 Å². The van der Waals surface area contributed by atoms with E-state index >= 15 is 0 Å². The molecular formula is C19H20N4OS. The maximum atomic E-state index is 10.1. The maximum absolute atomic E-state index is 10.1. The van der Waals surface area contributed by atoms with Crippen molar-refractivity contribution in [1.29, 1.82) is 0 Å². The Morgan fingerprint density at radius 2 is 1.88 bits per heavy atom. The number of thiocarbonyl (C=S) groups is 1. The quantitative estimate of drug-likeness (QED) is 0.413. The highest BCUT2D eigenvalue weighted by Gasteiger charge is 2.11. The Labute approximate surface area is 151 Å². The molecule has 5 nitrogen and oxygen atoms in total. The summed E-state index contributed by atoms with van der Waals surface area (Å²) >= 11 is 5.22. The van der Waals surface area contributed by atoms with Crippen molar-refractivity contribution in [1.82, 2.24) is 4.98 Å². The highest BCUT2D eigenvalue weighted by atomic mass is 32.1. The summed E-state index contributed by atoms with van der Waals surface area (Å²) in [7, 11) is 0. The molecule has 3 rings (SSSR count). The standard InChI is InChI=1S/C19H20N4OS/c1-11(2)13-7-9-14(10-8-13)20-19(25)23-22-17-15-6-4-5-12(3)16(15)21-18(17)24/h4-11,21,24H,1-3H3,(H,20,25). The van der Waals surface area contributed by atoms with Gasteiger partial charge in [-0.2, -0.15) is 0 Å². The first kappa shape index (κ1) is 17.1. The van der Waals surface area contributed by atoms with E-state index in [1.807, 2.05) is 37.3 Å². The van der Waals surface area contributed by atoms with Gasteiger partial charge in [0.15, 0.2) is 5.69 Å². The largest absolute Gasteiger partial charge is 0.493 e. The lowest BCUT2D eigenvalue weighted by Gasteiger charge is -2.07. The third kappa shape index (κ3) is 3.69. The van der Waals surface area contributed by atoms with Crippen LogP contribution in [0.25, 0.3) is 10.9 Å². The van der Waals surface area contributed by atoms with Gasteiger partial charge in [-0.25, -0.2) is 0 Å². The first-order valence-electron chi connectivity index (χ1n) is 8.08. The number of rotatable bonds is 3. The summed E-state index contributed by atoms with van der Waals surface area (Å²) in [6.07, 6.45) is 0. The highest BCUT2D eigenvalue weighted by molar-refractivity contribution is 7.80. The summed E-state index contributed by atoms with van der Waals surface area (Å²) < 4.78 is 0. The highest BCUT2D eigenvalue weighted by Crippen LogP contribution is 2.36. The number of hydrogen-bond acceptors (Lipinski definition) is 3. The number of nitrogens with one attached hydrogen (secondary N) is 2. The maximum Gasteiger partial charge on any atom is 0.218 e. The topological polar surface area (TPSA) is 72.8 Å². The number of anilines is 1. The van der Waals surface area contributed by atoms with E-state index in [2.05, 4.69) is 46.5 Å². The van der Waals surface area contributed by atoms with Crippen molar-refractivity contribution in [3.63, 3.8) is 0 Å². The molecule has 0 bridgehead atoms. The Balaban J connectivity index is 1.77. The molecule has 0 saturated heterocycles. The van der Waals surface area contributed by atoms with Gasteiger partial charge in [0.2, 0.25) is 11.0 Å². The first-order valence-corrected chi connectivity index (χ1v) is 8.49. The van der Waals surface area contributed by atoms with E-state index in [-0.39, 0.29) is 11.0 Å². The summed E-state index contributed by atoms with van der Waals surface area (Å²) in [4.78, 5) is 2.92. The SMILES string of the molecule is Cc1cccc2c(N=NC(=S)Nc3ccc(C(C)C)cc3)c(O)[nH]c12. The van der Waals surface area contributed by atoms with Gasteiger partial charge in [-0.3, -0.25) is 0 Å². The van der Waals surface area contributed by atoms with Crippen molar-refractivity contribution in [2.24, 2.45) is 10.2 Å². The number of H-pyrrole nitrogens is 1. The molecule has 0 aliphatic rings. The molecule has 128 valence electrons. The summed E-state index contributed by atoms with van der Waals surface area (Å²) in [6, 6.07) is 13.8. The van der Waals surface area contributed by atoms with E-state index in [0.29, 0.717) is 11.6 Å². The molecule has 25 heavy (non-hydrogen) atoms. The minimum atomic E-state index is -0.0165. The molecular weight excluding hydrogens is 332 g/mol. The Hall–Kier alpha value is -2.73. The lowest BCUT2D eigenvalue weighted by Crippen LogP contribution is -2.04. The van der Waals surface area contributed by atoms with Gasteiger partial charge in [0, 0.05) is 11.1 Å². The lowest BCUT2D eigenvalue weighted by atomic mass is 10.0. The van der Waals surface area contributed by atoms with Gasteiger partial charge in [0.25, 0.3) is 0 Å². The van der Waals surface area contributed by atoms with Crippen LogP contribution in [-0.2, 0) is 0 Å². The molecule has 2 aromatic carbocycles. The van der Waals surface area contributed by atoms with Crippen molar-refractivity contribution in [2.45, 2.75) is 26.7 Å². The van der Waals surface area contributed by atoms with E-state index in [0.717, 1.165) is 22.2 Å². The number of para-hydroxylation sites is 1. The van der Waals surface area contributed by atoms with Crippen LogP contribution in [0.5, 0.6) is 5.88 Å². The zero-order valence-corrected chi connectivity index (χ0v) is 15.2. The monoisotopic (exact) mass is 352 g/mol. The third-order valence-corrected chi connectivity index (χ3v) is 4.25. The van der Waals surface area contributed by atoms with Gasteiger partial charge in [0.05, 0.1) is 5.52 Å². The Bertz CT molecular complexity index is 942. The van der Waals surface area contributed by atoms with Crippen molar-refractivity contribution >= 4 is 39.6 Å². The van der Waals surface area contributed by atoms with Crippen LogP contribution in [0.3, 0.4) is 0 Å². The third-order valence-electron chi connectivity index (χ3n) is 4.07. The van der Waals surface area contributed by atoms with E-state index in [1.54, 1.807) is 0 Å². The van der Waals surface area contributed by atoms with Gasteiger partial charge < -0.3 is 15.4 Å². The first-order chi connectivity index (χ1) is 12.0. The fourth-order valence-corrected chi connectivity index (χ4v) is 2.79. The van der Waals surface area contributed by atoms with Crippen molar-refractivity contribution in [3.8, 4) is 5.88 Å². The van der Waals surface area contributed by atoms with Crippen LogP contribution >= 0.6 is 12.2 Å². The average molecular weight is 352 g/mol.